The van der Waals surface area contributed by atoms with E-state index in [2.05, 4.69) is 15.0 Å². The van der Waals surface area contributed by atoms with Crippen molar-refractivity contribution in [2.75, 3.05) is 7.11 Å². The zero-order valence-corrected chi connectivity index (χ0v) is 16.6. The monoisotopic (exact) mass is 437 g/mol. The third kappa shape index (κ3) is 4.93. The lowest BCUT2D eigenvalue weighted by Crippen LogP contribution is -2.10. The fourth-order valence-electron chi connectivity index (χ4n) is 2.46. The second-order valence-corrected chi connectivity index (χ2v) is 8.19. The highest BCUT2D eigenvalue weighted by atomic mass is 35.5. The summed E-state index contributed by atoms with van der Waals surface area (Å²) in [5.74, 6) is -1.49. The van der Waals surface area contributed by atoms with Crippen LogP contribution in [0.15, 0.2) is 47.6 Å². The topological polar surface area (TPSA) is 82.0 Å². The van der Waals surface area contributed by atoms with E-state index in [1.807, 2.05) is 0 Å². The molecule has 0 aliphatic carbocycles. The van der Waals surface area contributed by atoms with Crippen LogP contribution in [0, 0.1) is 11.9 Å². The van der Waals surface area contributed by atoms with Crippen LogP contribution in [0.25, 0.3) is 12.2 Å². The Bertz CT molecular complexity index is 1170. The highest BCUT2D eigenvalue weighted by Crippen LogP contribution is 2.27. The molecule has 0 unspecified atom stereocenters. The molecule has 150 valence electrons. The van der Waals surface area contributed by atoms with Crippen LogP contribution < -0.4 is 4.74 Å². The Morgan fingerprint density at radius 2 is 1.83 bits per heavy atom. The molecular formula is C19H14ClF2N3O3S. The summed E-state index contributed by atoms with van der Waals surface area (Å²) in [6.45, 7) is 0. The van der Waals surface area contributed by atoms with Crippen molar-refractivity contribution in [1.82, 2.24) is 15.0 Å². The Morgan fingerprint density at radius 1 is 1.14 bits per heavy atom. The van der Waals surface area contributed by atoms with Gasteiger partial charge >= 0.3 is 6.08 Å². The molecule has 0 amide bonds. The van der Waals surface area contributed by atoms with Crippen LogP contribution in [0.4, 0.5) is 8.78 Å². The minimum Gasteiger partial charge on any atom is -0.481 e. The third-order valence-corrected chi connectivity index (χ3v) is 5.95. The predicted octanol–water partition coefficient (Wildman–Crippen LogP) is 3.96. The van der Waals surface area contributed by atoms with Crippen molar-refractivity contribution in [2.45, 2.75) is 10.6 Å². The summed E-state index contributed by atoms with van der Waals surface area (Å²) < 4.78 is 57.7. The Balaban J connectivity index is 1.92. The fraction of sp³-hybridized carbons (Fsp3) is 0.105. The van der Waals surface area contributed by atoms with E-state index >= 15 is 0 Å². The Morgan fingerprint density at radius 3 is 2.48 bits per heavy atom. The number of benzene rings is 1. The fourth-order valence-corrected chi connectivity index (χ4v) is 4.31. The normalized spacial score (nSPS) is 11.7. The number of aromatic nitrogens is 3. The minimum absolute atomic E-state index is 0.0232. The van der Waals surface area contributed by atoms with E-state index in [4.69, 9.17) is 16.3 Å². The van der Waals surface area contributed by atoms with Gasteiger partial charge in [0, 0.05) is 23.5 Å². The summed E-state index contributed by atoms with van der Waals surface area (Å²) in [5, 5.41) is 0.0425. The summed E-state index contributed by atoms with van der Waals surface area (Å²) in [5.41, 5.74) is 0.427. The van der Waals surface area contributed by atoms with Crippen molar-refractivity contribution in [3.63, 3.8) is 0 Å². The summed E-state index contributed by atoms with van der Waals surface area (Å²) in [4.78, 5) is 10.7. The molecule has 0 spiro atoms. The van der Waals surface area contributed by atoms with E-state index in [1.165, 1.54) is 49.9 Å². The van der Waals surface area contributed by atoms with Gasteiger partial charge in [0.25, 0.3) is 0 Å². The van der Waals surface area contributed by atoms with Crippen molar-refractivity contribution in [3.05, 3.63) is 76.5 Å². The quantitative estimate of drug-likeness (QED) is 0.543. The lowest BCUT2D eigenvalue weighted by atomic mass is 10.2. The molecular weight excluding hydrogens is 424 g/mol. The number of nitrogens with zero attached hydrogens (tertiary/aromatic N) is 3. The smallest absolute Gasteiger partial charge is 0.308 e. The molecule has 3 aromatic rings. The van der Waals surface area contributed by atoms with E-state index in [1.54, 1.807) is 6.07 Å². The largest absolute Gasteiger partial charge is 0.481 e. The Labute approximate surface area is 170 Å². The van der Waals surface area contributed by atoms with E-state index in [-0.39, 0.29) is 27.1 Å². The van der Waals surface area contributed by atoms with Gasteiger partial charge in [0.15, 0.2) is 9.84 Å². The minimum atomic E-state index is -3.92. The average molecular weight is 438 g/mol. The molecule has 1 aromatic carbocycles. The van der Waals surface area contributed by atoms with Crippen molar-refractivity contribution in [1.29, 1.82) is 0 Å². The maximum absolute atomic E-state index is 14.6. The molecule has 0 aliphatic heterocycles. The molecule has 0 saturated heterocycles. The molecule has 0 bridgehead atoms. The van der Waals surface area contributed by atoms with Crippen molar-refractivity contribution in [3.8, 4) is 5.88 Å². The van der Waals surface area contributed by atoms with Gasteiger partial charge in [-0.15, -0.1) is 0 Å². The van der Waals surface area contributed by atoms with Gasteiger partial charge < -0.3 is 4.74 Å². The molecule has 0 fully saturated rings. The van der Waals surface area contributed by atoms with Crippen LogP contribution in [0.1, 0.15) is 16.8 Å². The molecule has 2 aromatic heterocycles. The number of pyridine rings is 1. The van der Waals surface area contributed by atoms with Gasteiger partial charge in [0.05, 0.1) is 22.7 Å². The SMILES string of the molecule is COc1nc(CS(=O)(=O)c2ccccc2Cl)c(F)cc1/C=C/c1cnc(F)nc1. The number of hydrogen-bond acceptors (Lipinski definition) is 6. The van der Waals surface area contributed by atoms with E-state index < -0.39 is 27.5 Å². The first-order valence-electron chi connectivity index (χ1n) is 8.16. The van der Waals surface area contributed by atoms with E-state index in [9.17, 15) is 17.2 Å². The standard InChI is InChI=1S/C19H14ClF2N3O3S/c1-28-18-13(7-6-12-9-23-19(22)24-10-12)8-15(21)16(25-18)11-29(26,27)17-5-3-2-4-14(17)20/h2-10H,11H2,1H3/b7-6+. The number of sulfone groups is 1. The molecule has 0 saturated carbocycles. The van der Waals surface area contributed by atoms with Crippen molar-refractivity contribution >= 4 is 33.6 Å². The van der Waals surface area contributed by atoms with Crippen molar-refractivity contribution in [2.24, 2.45) is 0 Å². The lowest BCUT2D eigenvalue weighted by Gasteiger charge is -2.10. The maximum atomic E-state index is 14.6. The van der Waals surface area contributed by atoms with E-state index in [0.717, 1.165) is 6.07 Å². The van der Waals surface area contributed by atoms with Gasteiger partial charge in [-0.05, 0) is 24.3 Å². The van der Waals surface area contributed by atoms with Crippen LogP contribution in [0.5, 0.6) is 5.88 Å². The summed E-state index contributed by atoms with van der Waals surface area (Å²) in [7, 11) is -2.60. The summed E-state index contributed by atoms with van der Waals surface area (Å²) >= 11 is 5.95. The second kappa shape index (κ2) is 8.62. The predicted molar refractivity (Wildman–Crippen MR) is 104 cm³/mol. The van der Waals surface area contributed by atoms with Gasteiger partial charge in [0.1, 0.15) is 11.6 Å². The third-order valence-electron chi connectivity index (χ3n) is 3.83. The molecule has 0 N–H and O–H groups in total. The number of halogens is 3. The molecule has 29 heavy (non-hydrogen) atoms. The van der Waals surface area contributed by atoms with Crippen LogP contribution in [0.3, 0.4) is 0 Å². The molecule has 2 heterocycles. The number of ether oxygens (including phenoxy) is 1. The number of rotatable bonds is 6. The van der Waals surface area contributed by atoms with Crippen LogP contribution in [-0.2, 0) is 15.6 Å². The highest BCUT2D eigenvalue weighted by Gasteiger charge is 2.22. The molecule has 10 heteroatoms. The van der Waals surface area contributed by atoms with Gasteiger partial charge in [-0.2, -0.15) is 4.39 Å². The molecule has 0 radical (unpaired) electrons. The second-order valence-electron chi connectivity index (χ2n) is 5.82. The Kier molecular flexibility index (Phi) is 6.19. The lowest BCUT2D eigenvalue weighted by molar-refractivity contribution is 0.393. The maximum Gasteiger partial charge on any atom is 0.308 e. The average Bonchev–Trinajstić information content (AvgIpc) is 2.69. The van der Waals surface area contributed by atoms with Crippen molar-refractivity contribution < 1.29 is 21.9 Å². The Hall–Kier alpha value is -2.91. The first-order chi connectivity index (χ1) is 13.8. The van der Waals surface area contributed by atoms with Gasteiger partial charge in [-0.25, -0.2) is 27.8 Å². The van der Waals surface area contributed by atoms with Crippen LogP contribution in [-0.4, -0.2) is 30.5 Å². The summed E-state index contributed by atoms with van der Waals surface area (Å²) in [6, 6.07) is 7.00. The molecule has 3 rings (SSSR count). The van der Waals surface area contributed by atoms with Gasteiger partial charge in [-0.1, -0.05) is 29.8 Å². The van der Waals surface area contributed by atoms with Gasteiger partial charge in [-0.3, -0.25) is 0 Å². The highest BCUT2D eigenvalue weighted by molar-refractivity contribution is 7.90. The van der Waals surface area contributed by atoms with Gasteiger partial charge in [0.2, 0.25) is 5.88 Å². The zero-order chi connectivity index (χ0) is 21.0. The molecule has 0 aliphatic rings. The number of hydrogen-bond donors (Lipinski definition) is 0. The van der Waals surface area contributed by atoms with Crippen LogP contribution >= 0.6 is 11.6 Å². The molecule has 6 nitrogen and oxygen atoms in total. The zero-order valence-electron chi connectivity index (χ0n) is 15.0. The first-order valence-corrected chi connectivity index (χ1v) is 10.2. The summed E-state index contributed by atoms with van der Waals surface area (Å²) in [6.07, 6.45) is 4.62. The molecule has 0 atom stereocenters. The van der Waals surface area contributed by atoms with Crippen LogP contribution in [0.2, 0.25) is 5.02 Å². The van der Waals surface area contributed by atoms with E-state index in [0.29, 0.717) is 5.56 Å². The first kappa shape index (κ1) is 20.8. The number of methoxy groups -OCH3 is 1.